The largest absolute Gasteiger partial charge is 0.480 e. The number of likely N-dealkylation sites (tertiary alicyclic amines) is 1. The molecule has 0 bridgehead atoms. The normalized spacial score (nSPS) is 34.1. The molecule has 0 aromatic rings. The van der Waals surface area contributed by atoms with Crippen molar-refractivity contribution in [3.05, 3.63) is 0 Å². The molecule has 0 aromatic carbocycles. The van der Waals surface area contributed by atoms with Gasteiger partial charge in [0.1, 0.15) is 6.04 Å². The lowest BCUT2D eigenvalue weighted by atomic mass is 9.80. The lowest BCUT2D eigenvalue weighted by Crippen LogP contribution is -2.45. The lowest BCUT2D eigenvalue weighted by molar-refractivity contribution is -0.143. The van der Waals surface area contributed by atoms with Gasteiger partial charge in [0.2, 0.25) is 0 Å². The zero-order chi connectivity index (χ0) is 13.1. The molecule has 2 rings (SSSR count). The first-order valence-electron chi connectivity index (χ1n) is 7.56. The van der Waals surface area contributed by atoms with Gasteiger partial charge in [0.15, 0.2) is 0 Å². The maximum atomic E-state index is 11.3. The first-order valence-corrected chi connectivity index (χ1v) is 7.56. The molecule has 0 amide bonds. The highest BCUT2D eigenvalue weighted by molar-refractivity contribution is 5.73. The molecule has 1 saturated carbocycles. The minimum absolute atomic E-state index is 0.201. The molecule has 2 fully saturated rings. The molecule has 1 aliphatic carbocycles. The van der Waals surface area contributed by atoms with Gasteiger partial charge >= 0.3 is 5.97 Å². The molecule has 104 valence electrons. The summed E-state index contributed by atoms with van der Waals surface area (Å²) in [5.74, 6) is 0.972. The van der Waals surface area contributed by atoms with E-state index in [2.05, 4.69) is 18.7 Å². The van der Waals surface area contributed by atoms with E-state index in [4.69, 9.17) is 0 Å². The van der Waals surface area contributed by atoms with Crippen molar-refractivity contribution in [3.8, 4) is 0 Å². The number of carbonyl (C=O) groups is 1. The number of aliphatic carboxylic acids is 1. The molecule has 0 spiro atoms. The number of carboxylic acids is 1. The Morgan fingerprint density at radius 2 is 2.06 bits per heavy atom. The summed E-state index contributed by atoms with van der Waals surface area (Å²) in [7, 11) is 0. The summed E-state index contributed by atoms with van der Waals surface area (Å²) >= 11 is 0. The van der Waals surface area contributed by atoms with E-state index in [1.165, 1.54) is 32.1 Å². The number of rotatable bonds is 4. The second-order valence-electron chi connectivity index (χ2n) is 6.55. The topological polar surface area (TPSA) is 40.5 Å². The Morgan fingerprint density at radius 3 is 2.72 bits per heavy atom. The monoisotopic (exact) mass is 253 g/mol. The standard InChI is InChI=1S/C15H27NO2/c1-11(2)9-12-5-3-6-13(10-12)16-8-4-7-14(16)15(17)18/h11-14H,3-10H2,1-2H3,(H,17,18). The number of hydrogen-bond acceptors (Lipinski definition) is 2. The van der Waals surface area contributed by atoms with Crippen molar-refractivity contribution >= 4 is 5.97 Å². The van der Waals surface area contributed by atoms with Gasteiger partial charge in [-0.3, -0.25) is 9.69 Å². The summed E-state index contributed by atoms with van der Waals surface area (Å²) in [5.41, 5.74) is 0. The van der Waals surface area contributed by atoms with Gasteiger partial charge in [0.25, 0.3) is 0 Å². The maximum absolute atomic E-state index is 11.3. The SMILES string of the molecule is CC(C)CC1CCCC(N2CCCC2C(=O)O)C1. The highest BCUT2D eigenvalue weighted by Crippen LogP contribution is 2.34. The average Bonchev–Trinajstić information content (AvgIpc) is 2.77. The van der Waals surface area contributed by atoms with Gasteiger partial charge in [0, 0.05) is 6.04 Å². The van der Waals surface area contributed by atoms with E-state index < -0.39 is 5.97 Å². The van der Waals surface area contributed by atoms with Gasteiger partial charge in [-0.05, 0) is 50.5 Å². The van der Waals surface area contributed by atoms with Crippen LogP contribution < -0.4 is 0 Å². The van der Waals surface area contributed by atoms with Crippen LogP contribution in [0.2, 0.25) is 0 Å². The fourth-order valence-corrected chi connectivity index (χ4v) is 3.94. The number of carboxylic acid groups (broad SMARTS) is 1. The van der Waals surface area contributed by atoms with Crippen LogP contribution >= 0.6 is 0 Å². The van der Waals surface area contributed by atoms with Crippen LogP contribution in [-0.4, -0.2) is 34.6 Å². The van der Waals surface area contributed by atoms with Crippen molar-refractivity contribution in [2.75, 3.05) is 6.54 Å². The second kappa shape index (κ2) is 6.05. The van der Waals surface area contributed by atoms with E-state index in [-0.39, 0.29) is 6.04 Å². The Labute approximate surface area is 111 Å². The third kappa shape index (κ3) is 3.25. The third-order valence-electron chi connectivity index (χ3n) is 4.61. The molecular formula is C15H27NO2. The molecule has 3 heteroatoms. The summed E-state index contributed by atoms with van der Waals surface area (Å²) in [6.07, 6.45) is 8.27. The molecule has 3 atom stereocenters. The van der Waals surface area contributed by atoms with Crippen LogP contribution in [0.5, 0.6) is 0 Å². The third-order valence-corrected chi connectivity index (χ3v) is 4.61. The number of hydrogen-bond donors (Lipinski definition) is 1. The summed E-state index contributed by atoms with van der Waals surface area (Å²) < 4.78 is 0. The molecule has 0 radical (unpaired) electrons. The van der Waals surface area contributed by atoms with Crippen molar-refractivity contribution < 1.29 is 9.90 Å². The van der Waals surface area contributed by atoms with E-state index in [0.717, 1.165) is 31.2 Å². The molecule has 3 unspecified atom stereocenters. The predicted molar refractivity (Wildman–Crippen MR) is 72.6 cm³/mol. The lowest BCUT2D eigenvalue weighted by Gasteiger charge is -2.37. The van der Waals surface area contributed by atoms with E-state index in [0.29, 0.717) is 6.04 Å². The molecule has 2 aliphatic rings. The van der Waals surface area contributed by atoms with Crippen LogP contribution in [0.1, 0.15) is 58.8 Å². The molecule has 18 heavy (non-hydrogen) atoms. The van der Waals surface area contributed by atoms with Gasteiger partial charge in [-0.25, -0.2) is 0 Å². The van der Waals surface area contributed by atoms with E-state index in [1.54, 1.807) is 0 Å². The van der Waals surface area contributed by atoms with Crippen molar-refractivity contribution in [1.82, 2.24) is 4.90 Å². The summed E-state index contributed by atoms with van der Waals surface area (Å²) in [5, 5.41) is 9.28. The highest BCUT2D eigenvalue weighted by atomic mass is 16.4. The minimum Gasteiger partial charge on any atom is -0.480 e. The minimum atomic E-state index is -0.613. The first-order chi connectivity index (χ1) is 8.58. The zero-order valence-corrected chi connectivity index (χ0v) is 11.8. The summed E-state index contributed by atoms with van der Waals surface area (Å²) in [4.78, 5) is 13.6. The fraction of sp³-hybridized carbons (Fsp3) is 0.933. The first kappa shape index (κ1) is 13.9. The molecule has 3 nitrogen and oxygen atoms in total. The zero-order valence-electron chi connectivity index (χ0n) is 11.8. The highest BCUT2D eigenvalue weighted by Gasteiger charge is 2.37. The van der Waals surface area contributed by atoms with E-state index in [1.807, 2.05) is 0 Å². The second-order valence-corrected chi connectivity index (χ2v) is 6.55. The van der Waals surface area contributed by atoms with Crippen molar-refractivity contribution in [2.24, 2.45) is 11.8 Å². The van der Waals surface area contributed by atoms with Gasteiger partial charge in [-0.15, -0.1) is 0 Å². The average molecular weight is 253 g/mol. The van der Waals surface area contributed by atoms with Crippen LogP contribution in [0.4, 0.5) is 0 Å². The van der Waals surface area contributed by atoms with Gasteiger partial charge < -0.3 is 5.11 Å². The maximum Gasteiger partial charge on any atom is 0.320 e. The Balaban J connectivity index is 1.93. The van der Waals surface area contributed by atoms with Crippen molar-refractivity contribution in [3.63, 3.8) is 0 Å². The molecule has 1 saturated heterocycles. The Hall–Kier alpha value is -0.570. The van der Waals surface area contributed by atoms with Gasteiger partial charge in [-0.1, -0.05) is 26.7 Å². The van der Waals surface area contributed by atoms with E-state index >= 15 is 0 Å². The molecule has 1 heterocycles. The van der Waals surface area contributed by atoms with Crippen LogP contribution in [0.3, 0.4) is 0 Å². The Kier molecular flexibility index (Phi) is 4.66. The van der Waals surface area contributed by atoms with E-state index in [9.17, 15) is 9.90 Å². The fourth-order valence-electron chi connectivity index (χ4n) is 3.94. The Morgan fingerprint density at radius 1 is 1.28 bits per heavy atom. The Bertz CT molecular complexity index is 290. The molecule has 1 N–H and O–H groups in total. The van der Waals surface area contributed by atoms with Crippen LogP contribution in [0, 0.1) is 11.8 Å². The molecular weight excluding hydrogens is 226 g/mol. The van der Waals surface area contributed by atoms with Crippen molar-refractivity contribution in [1.29, 1.82) is 0 Å². The van der Waals surface area contributed by atoms with Crippen LogP contribution in [0.15, 0.2) is 0 Å². The van der Waals surface area contributed by atoms with Gasteiger partial charge in [-0.2, -0.15) is 0 Å². The summed E-state index contributed by atoms with van der Waals surface area (Å²) in [6, 6.07) is 0.332. The van der Waals surface area contributed by atoms with Crippen molar-refractivity contribution in [2.45, 2.75) is 70.9 Å². The van der Waals surface area contributed by atoms with Crippen LogP contribution in [-0.2, 0) is 4.79 Å². The van der Waals surface area contributed by atoms with Gasteiger partial charge in [0.05, 0.1) is 0 Å². The number of nitrogens with zero attached hydrogens (tertiary/aromatic N) is 1. The smallest absolute Gasteiger partial charge is 0.320 e. The summed E-state index contributed by atoms with van der Waals surface area (Å²) in [6.45, 7) is 5.58. The predicted octanol–water partition coefficient (Wildman–Crippen LogP) is 3.14. The molecule has 1 aliphatic heterocycles. The quantitative estimate of drug-likeness (QED) is 0.836. The van der Waals surface area contributed by atoms with Crippen LogP contribution in [0.25, 0.3) is 0 Å². The molecule has 0 aromatic heterocycles.